The molecule has 1 N–H and O–H groups in total. The van der Waals surface area contributed by atoms with Crippen molar-refractivity contribution in [2.24, 2.45) is 17.3 Å². The van der Waals surface area contributed by atoms with Crippen molar-refractivity contribution in [1.29, 1.82) is 0 Å². The second-order valence-electron chi connectivity index (χ2n) is 6.52. The van der Waals surface area contributed by atoms with E-state index < -0.39 is 0 Å². The van der Waals surface area contributed by atoms with Gasteiger partial charge in [-0.05, 0) is 56.9 Å². The van der Waals surface area contributed by atoms with Gasteiger partial charge in [-0.15, -0.1) is 0 Å². The SMILES string of the molecule is CNCC(C)=CC1CCC(C(C)(C)C)CC1. The van der Waals surface area contributed by atoms with Gasteiger partial charge < -0.3 is 5.32 Å². The van der Waals surface area contributed by atoms with Crippen LogP contribution in [0.4, 0.5) is 0 Å². The lowest BCUT2D eigenvalue weighted by Gasteiger charge is -2.36. The molecule has 0 aromatic carbocycles. The molecule has 0 bridgehead atoms. The maximum Gasteiger partial charge on any atom is 0.0158 e. The van der Waals surface area contributed by atoms with E-state index in [2.05, 4.69) is 39.1 Å². The van der Waals surface area contributed by atoms with Crippen molar-refractivity contribution in [2.75, 3.05) is 13.6 Å². The molecule has 1 rings (SSSR count). The molecule has 1 aliphatic rings. The molecule has 0 amide bonds. The molecule has 0 aromatic rings. The Bertz CT molecular complexity index is 226. The smallest absolute Gasteiger partial charge is 0.0158 e. The lowest BCUT2D eigenvalue weighted by Crippen LogP contribution is -2.25. The summed E-state index contributed by atoms with van der Waals surface area (Å²) in [6.07, 6.45) is 8.11. The van der Waals surface area contributed by atoms with Crippen molar-refractivity contribution in [3.63, 3.8) is 0 Å². The summed E-state index contributed by atoms with van der Waals surface area (Å²) in [6, 6.07) is 0. The van der Waals surface area contributed by atoms with Crippen LogP contribution in [0.25, 0.3) is 0 Å². The molecule has 0 aromatic heterocycles. The Hall–Kier alpha value is -0.300. The van der Waals surface area contributed by atoms with Crippen LogP contribution in [0.3, 0.4) is 0 Å². The molecule has 0 saturated heterocycles. The first-order valence-electron chi connectivity index (χ1n) is 6.75. The molecule has 16 heavy (non-hydrogen) atoms. The predicted octanol–water partition coefficient (Wildman–Crippen LogP) is 4.00. The Morgan fingerprint density at radius 2 is 1.75 bits per heavy atom. The number of nitrogens with one attached hydrogen (secondary N) is 1. The van der Waals surface area contributed by atoms with Gasteiger partial charge in [0, 0.05) is 6.54 Å². The molecule has 1 heteroatoms. The van der Waals surface area contributed by atoms with E-state index in [9.17, 15) is 0 Å². The Labute approximate surface area is 102 Å². The highest BCUT2D eigenvalue weighted by molar-refractivity contribution is 5.04. The van der Waals surface area contributed by atoms with Gasteiger partial charge in [-0.1, -0.05) is 32.4 Å². The van der Waals surface area contributed by atoms with Crippen LogP contribution in [0.5, 0.6) is 0 Å². The highest BCUT2D eigenvalue weighted by Crippen LogP contribution is 2.40. The average Bonchev–Trinajstić information content (AvgIpc) is 2.17. The predicted molar refractivity (Wildman–Crippen MR) is 72.6 cm³/mol. The summed E-state index contributed by atoms with van der Waals surface area (Å²) in [5, 5.41) is 3.22. The highest BCUT2D eigenvalue weighted by atomic mass is 14.8. The number of rotatable bonds is 3. The third-order valence-corrected chi connectivity index (χ3v) is 3.97. The standard InChI is InChI=1S/C15H29N/c1-12(11-16-5)10-13-6-8-14(9-7-13)15(2,3)4/h10,13-14,16H,6-9,11H2,1-5H3. The Kier molecular flexibility index (Phi) is 5.04. The van der Waals surface area contributed by atoms with Crippen molar-refractivity contribution in [3.05, 3.63) is 11.6 Å². The van der Waals surface area contributed by atoms with E-state index in [1.807, 2.05) is 7.05 Å². The van der Waals surface area contributed by atoms with Crippen LogP contribution in [-0.2, 0) is 0 Å². The van der Waals surface area contributed by atoms with E-state index in [4.69, 9.17) is 0 Å². The van der Waals surface area contributed by atoms with Crippen molar-refractivity contribution < 1.29 is 0 Å². The molecular formula is C15H29N. The number of likely N-dealkylation sites (N-methyl/N-ethyl adjacent to an activating group) is 1. The third-order valence-electron chi connectivity index (χ3n) is 3.97. The largest absolute Gasteiger partial charge is 0.316 e. The molecule has 94 valence electrons. The molecule has 0 aliphatic heterocycles. The molecule has 1 saturated carbocycles. The van der Waals surface area contributed by atoms with Crippen LogP contribution in [0.15, 0.2) is 11.6 Å². The fraction of sp³-hybridized carbons (Fsp3) is 0.867. The van der Waals surface area contributed by atoms with E-state index in [0.29, 0.717) is 5.41 Å². The lowest BCUT2D eigenvalue weighted by atomic mass is 9.69. The van der Waals surface area contributed by atoms with Crippen molar-refractivity contribution >= 4 is 0 Å². The van der Waals surface area contributed by atoms with Gasteiger partial charge in [0.15, 0.2) is 0 Å². The van der Waals surface area contributed by atoms with E-state index in [1.54, 1.807) is 0 Å². The van der Waals surface area contributed by atoms with Gasteiger partial charge in [0.2, 0.25) is 0 Å². The molecule has 0 heterocycles. The first kappa shape index (κ1) is 13.8. The summed E-state index contributed by atoms with van der Waals surface area (Å²) >= 11 is 0. The van der Waals surface area contributed by atoms with Gasteiger partial charge in [0.05, 0.1) is 0 Å². The monoisotopic (exact) mass is 223 g/mol. The second-order valence-corrected chi connectivity index (χ2v) is 6.52. The molecule has 0 atom stereocenters. The van der Waals surface area contributed by atoms with Gasteiger partial charge in [-0.3, -0.25) is 0 Å². The highest BCUT2D eigenvalue weighted by Gasteiger charge is 2.28. The first-order chi connectivity index (χ1) is 7.43. The topological polar surface area (TPSA) is 12.0 Å². The van der Waals surface area contributed by atoms with Crippen LogP contribution in [-0.4, -0.2) is 13.6 Å². The van der Waals surface area contributed by atoms with Crippen molar-refractivity contribution in [2.45, 2.75) is 53.4 Å². The number of allylic oxidation sites excluding steroid dienone is 1. The zero-order valence-electron chi connectivity index (χ0n) is 11.8. The van der Waals surface area contributed by atoms with E-state index >= 15 is 0 Å². The van der Waals surface area contributed by atoms with Crippen LogP contribution < -0.4 is 5.32 Å². The first-order valence-corrected chi connectivity index (χ1v) is 6.75. The van der Waals surface area contributed by atoms with Crippen LogP contribution in [0.2, 0.25) is 0 Å². The van der Waals surface area contributed by atoms with E-state index in [1.165, 1.54) is 31.3 Å². The number of hydrogen-bond donors (Lipinski definition) is 1. The van der Waals surface area contributed by atoms with Gasteiger partial charge in [0.1, 0.15) is 0 Å². The minimum Gasteiger partial charge on any atom is -0.316 e. The maximum atomic E-state index is 3.22. The fourth-order valence-corrected chi connectivity index (χ4v) is 2.89. The van der Waals surface area contributed by atoms with Crippen LogP contribution >= 0.6 is 0 Å². The second kappa shape index (κ2) is 5.86. The van der Waals surface area contributed by atoms with E-state index in [-0.39, 0.29) is 0 Å². The zero-order valence-corrected chi connectivity index (χ0v) is 11.8. The molecular weight excluding hydrogens is 194 g/mol. The molecule has 0 spiro atoms. The summed E-state index contributed by atoms with van der Waals surface area (Å²) in [5.41, 5.74) is 2.01. The summed E-state index contributed by atoms with van der Waals surface area (Å²) in [5.74, 6) is 1.77. The Morgan fingerprint density at radius 3 is 2.19 bits per heavy atom. The molecule has 0 unspecified atom stereocenters. The summed E-state index contributed by atoms with van der Waals surface area (Å²) in [4.78, 5) is 0. The summed E-state index contributed by atoms with van der Waals surface area (Å²) in [6.45, 7) is 10.5. The fourth-order valence-electron chi connectivity index (χ4n) is 2.89. The molecule has 0 radical (unpaired) electrons. The maximum absolute atomic E-state index is 3.22. The molecule has 1 fully saturated rings. The van der Waals surface area contributed by atoms with Gasteiger partial charge in [-0.25, -0.2) is 0 Å². The minimum atomic E-state index is 0.509. The number of hydrogen-bond acceptors (Lipinski definition) is 1. The minimum absolute atomic E-state index is 0.509. The normalized spacial score (nSPS) is 28.2. The third kappa shape index (κ3) is 4.29. The molecule has 1 nitrogen and oxygen atoms in total. The Morgan fingerprint density at radius 1 is 1.19 bits per heavy atom. The van der Waals surface area contributed by atoms with Gasteiger partial charge in [0.25, 0.3) is 0 Å². The summed E-state index contributed by atoms with van der Waals surface area (Å²) in [7, 11) is 2.02. The summed E-state index contributed by atoms with van der Waals surface area (Å²) < 4.78 is 0. The van der Waals surface area contributed by atoms with Crippen molar-refractivity contribution in [1.82, 2.24) is 5.32 Å². The Balaban J connectivity index is 2.40. The van der Waals surface area contributed by atoms with Crippen molar-refractivity contribution in [3.8, 4) is 0 Å². The lowest BCUT2D eigenvalue weighted by molar-refractivity contribution is 0.162. The molecule has 1 aliphatic carbocycles. The quantitative estimate of drug-likeness (QED) is 0.713. The van der Waals surface area contributed by atoms with Crippen LogP contribution in [0.1, 0.15) is 53.4 Å². The average molecular weight is 223 g/mol. The zero-order chi connectivity index (χ0) is 12.2. The van der Waals surface area contributed by atoms with Gasteiger partial charge in [-0.2, -0.15) is 0 Å². The van der Waals surface area contributed by atoms with Gasteiger partial charge >= 0.3 is 0 Å². The van der Waals surface area contributed by atoms with Crippen LogP contribution in [0, 0.1) is 17.3 Å². The van der Waals surface area contributed by atoms with E-state index in [0.717, 1.165) is 18.4 Å².